The zero-order valence-electron chi connectivity index (χ0n) is 15.1. The summed E-state index contributed by atoms with van der Waals surface area (Å²) in [6, 6.07) is 0. The molecule has 0 aromatic heterocycles. The Hall–Kier alpha value is 0.0400. The summed E-state index contributed by atoms with van der Waals surface area (Å²) in [5.41, 5.74) is 0. The van der Waals surface area contributed by atoms with Crippen LogP contribution in [0.25, 0.3) is 0 Å². The monoisotopic (exact) mass is 510 g/mol. The third kappa shape index (κ3) is 8.42. The van der Waals surface area contributed by atoms with Crippen LogP contribution in [0.3, 0.4) is 0 Å². The van der Waals surface area contributed by atoms with E-state index in [1.807, 2.05) is 13.8 Å². The normalized spacial score (nSPS) is 12.4. The Morgan fingerprint density at radius 2 is 0.929 bits per heavy atom. The van der Waals surface area contributed by atoms with Crippen LogP contribution in [0.5, 0.6) is 11.5 Å². The Balaban J connectivity index is 3.39. The number of phenols is 2. The number of hydrogen-bond acceptors (Lipinski definition) is 10. The molecule has 8 nitrogen and oxygen atoms in total. The average Bonchev–Trinajstić information content (AvgIpc) is 2.55. The fourth-order valence-corrected chi connectivity index (χ4v) is 8.00. The van der Waals surface area contributed by atoms with Crippen molar-refractivity contribution in [1.29, 1.82) is 0 Å². The van der Waals surface area contributed by atoms with E-state index in [-0.39, 0.29) is 32.8 Å². The summed E-state index contributed by atoms with van der Waals surface area (Å²) in [4.78, 5) is 1.33. The van der Waals surface area contributed by atoms with E-state index in [4.69, 9.17) is 9.11 Å². The van der Waals surface area contributed by atoms with Crippen molar-refractivity contribution in [1.82, 2.24) is 0 Å². The van der Waals surface area contributed by atoms with Crippen molar-refractivity contribution >= 4 is 67.3 Å². The van der Waals surface area contributed by atoms with Gasteiger partial charge in [0.1, 0.15) is 11.5 Å². The molecule has 4 N–H and O–H groups in total. The minimum Gasteiger partial charge on any atom is -0.506 e. The molecule has 28 heavy (non-hydrogen) atoms. The summed E-state index contributed by atoms with van der Waals surface area (Å²) in [5, 5.41) is 21.5. The van der Waals surface area contributed by atoms with Crippen LogP contribution in [-0.4, -0.2) is 70.7 Å². The summed E-state index contributed by atoms with van der Waals surface area (Å²) >= 11 is 4.50. The van der Waals surface area contributed by atoms with Gasteiger partial charge in [0, 0.05) is 11.5 Å². The molecular weight excluding hydrogens is 489 g/mol. The van der Waals surface area contributed by atoms with Crippen molar-refractivity contribution in [3.05, 3.63) is 0 Å². The highest BCUT2D eigenvalue weighted by Crippen LogP contribution is 2.53. The van der Waals surface area contributed by atoms with Gasteiger partial charge in [-0.1, -0.05) is 13.8 Å². The lowest BCUT2D eigenvalue weighted by Gasteiger charge is -2.19. The molecule has 0 saturated heterocycles. The first-order chi connectivity index (χ1) is 12.9. The summed E-state index contributed by atoms with van der Waals surface area (Å²) in [6.45, 7) is 3.75. The largest absolute Gasteiger partial charge is 0.506 e. The Morgan fingerprint density at radius 3 is 1.18 bits per heavy atom. The quantitative estimate of drug-likeness (QED) is 0.186. The van der Waals surface area contributed by atoms with Gasteiger partial charge in [0.15, 0.2) is 0 Å². The molecular formula is C14H22O8S6. The maximum absolute atomic E-state index is 11.0. The van der Waals surface area contributed by atoms with Crippen molar-refractivity contribution in [2.24, 2.45) is 0 Å². The zero-order valence-corrected chi connectivity index (χ0v) is 20.0. The lowest BCUT2D eigenvalue weighted by molar-refractivity contribution is 0.410. The fraction of sp³-hybridized carbons (Fsp3) is 0.571. The Kier molecular flexibility index (Phi) is 10.7. The van der Waals surface area contributed by atoms with E-state index < -0.39 is 31.7 Å². The highest BCUT2D eigenvalue weighted by Gasteiger charge is 2.25. The standard InChI is InChI=1S/C14H22O8S6/c1-3-23-11-9(15)13(25-5-7-27(17,18)19)14(10(16)12(11)24-4-2)26-6-8-28(20,21)22/h15-16H,3-8H2,1-2H3,(H,17,18,19)(H,20,21,22). The number of phenolic OH excluding ortho intramolecular Hbond substituents is 2. The summed E-state index contributed by atoms with van der Waals surface area (Å²) in [7, 11) is -8.39. The molecule has 0 fully saturated rings. The molecule has 162 valence electrons. The topological polar surface area (TPSA) is 149 Å². The van der Waals surface area contributed by atoms with E-state index >= 15 is 0 Å². The van der Waals surface area contributed by atoms with E-state index in [0.717, 1.165) is 23.5 Å². The molecule has 0 amide bonds. The first-order valence-corrected chi connectivity index (χ1v) is 15.1. The molecule has 0 saturated carbocycles. The first-order valence-electron chi connectivity index (χ1n) is 7.94. The van der Waals surface area contributed by atoms with E-state index in [1.165, 1.54) is 23.5 Å². The van der Waals surface area contributed by atoms with Gasteiger partial charge in [-0.15, -0.1) is 47.0 Å². The van der Waals surface area contributed by atoms with Gasteiger partial charge < -0.3 is 10.2 Å². The van der Waals surface area contributed by atoms with E-state index in [1.54, 1.807) is 0 Å². The van der Waals surface area contributed by atoms with Gasteiger partial charge in [0.05, 0.1) is 31.1 Å². The van der Waals surface area contributed by atoms with Crippen LogP contribution in [-0.2, 0) is 20.2 Å². The molecule has 0 aliphatic carbocycles. The van der Waals surface area contributed by atoms with Gasteiger partial charge in [-0.05, 0) is 11.5 Å². The maximum Gasteiger partial charge on any atom is 0.265 e. The lowest BCUT2D eigenvalue weighted by atomic mass is 10.3. The molecule has 0 radical (unpaired) electrons. The molecule has 0 atom stereocenters. The number of rotatable bonds is 12. The Bertz CT molecular complexity index is 809. The van der Waals surface area contributed by atoms with Crippen LogP contribution in [0.4, 0.5) is 0 Å². The van der Waals surface area contributed by atoms with Crippen molar-refractivity contribution in [2.75, 3.05) is 34.5 Å². The Labute approximate surface area is 182 Å². The van der Waals surface area contributed by atoms with Gasteiger partial charge in [0.2, 0.25) is 0 Å². The molecule has 0 bridgehead atoms. The predicted molar refractivity (Wildman–Crippen MR) is 117 cm³/mol. The highest BCUT2D eigenvalue weighted by atomic mass is 32.2. The number of hydrogen-bond donors (Lipinski definition) is 4. The maximum atomic E-state index is 11.0. The molecule has 14 heteroatoms. The Morgan fingerprint density at radius 1 is 0.643 bits per heavy atom. The van der Waals surface area contributed by atoms with Crippen LogP contribution < -0.4 is 0 Å². The van der Waals surface area contributed by atoms with Crippen molar-refractivity contribution in [3.63, 3.8) is 0 Å². The molecule has 0 unspecified atom stereocenters. The molecule has 0 aliphatic rings. The van der Waals surface area contributed by atoms with Gasteiger partial charge >= 0.3 is 0 Å². The van der Waals surface area contributed by atoms with Crippen LogP contribution in [0.15, 0.2) is 19.6 Å². The highest BCUT2D eigenvalue weighted by molar-refractivity contribution is 8.04. The third-order valence-electron chi connectivity index (χ3n) is 3.03. The summed E-state index contributed by atoms with van der Waals surface area (Å²) < 4.78 is 61.7. The molecule has 1 aromatic carbocycles. The smallest absolute Gasteiger partial charge is 0.265 e. The van der Waals surface area contributed by atoms with Gasteiger partial charge in [-0.3, -0.25) is 9.11 Å². The molecule has 0 spiro atoms. The molecule has 0 aliphatic heterocycles. The minimum atomic E-state index is -4.20. The van der Waals surface area contributed by atoms with Gasteiger partial charge in [-0.2, -0.15) is 16.8 Å². The average molecular weight is 511 g/mol. The first kappa shape index (κ1) is 26.1. The van der Waals surface area contributed by atoms with Crippen LogP contribution >= 0.6 is 47.0 Å². The second kappa shape index (κ2) is 11.4. The van der Waals surface area contributed by atoms with E-state index in [2.05, 4.69) is 0 Å². The SMILES string of the molecule is CCSc1c(O)c(SCCS(=O)(=O)O)c(SCCS(=O)(=O)O)c(O)c1SCC. The van der Waals surface area contributed by atoms with E-state index in [9.17, 15) is 27.0 Å². The van der Waals surface area contributed by atoms with Crippen molar-refractivity contribution in [3.8, 4) is 11.5 Å². The number of thioether (sulfide) groups is 4. The van der Waals surface area contributed by atoms with E-state index in [0.29, 0.717) is 21.3 Å². The second-order valence-electron chi connectivity index (χ2n) is 5.15. The van der Waals surface area contributed by atoms with Crippen LogP contribution in [0.2, 0.25) is 0 Å². The number of aromatic hydroxyl groups is 2. The van der Waals surface area contributed by atoms with Gasteiger partial charge in [-0.25, -0.2) is 0 Å². The zero-order chi connectivity index (χ0) is 21.5. The van der Waals surface area contributed by atoms with Crippen LogP contribution in [0, 0.1) is 0 Å². The lowest BCUT2D eigenvalue weighted by Crippen LogP contribution is -2.07. The second-order valence-corrected chi connectivity index (χ2v) is 13.1. The van der Waals surface area contributed by atoms with Crippen molar-refractivity contribution in [2.45, 2.75) is 33.4 Å². The molecule has 1 rings (SSSR count). The molecule has 1 aromatic rings. The molecule has 0 heterocycles. The fourth-order valence-electron chi connectivity index (χ4n) is 1.96. The number of benzene rings is 1. The van der Waals surface area contributed by atoms with Crippen LogP contribution in [0.1, 0.15) is 13.8 Å². The predicted octanol–water partition coefficient (Wildman–Crippen LogP) is 3.28. The minimum absolute atomic E-state index is 0.0752. The third-order valence-corrected chi connectivity index (χ3v) is 9.38. The van der Waals surface area contributed by atoms with Gasteiger partial charge in [0.25, 0.3) is 20.2 Å². The summed E-state index contributed by atoms with van der Waals surface area (Å²) in [6.07, 6.45) is 0. The van der Waals surface area contributed by atoms with Crippen molar-refractivity contribution < 1.29 is 36.2 Å². The summed E-state index contributed by atoms with van der Waals surface area (Å²) in [5.74, 6) is -0.264.